The Bertz CT molecular complexity index is 673. The first kappa shape index (κ1) is 15.7. The van der Waals surface area contributed by atoms with Crippen LogP contribution in [0.2, 0.25) is 0 Å². The molecule has 2 rings (SSSR count). The van der Waals surface area contributed by atoms with Crippen LogP contribution in [-0.2, 0) is 4.79 Å². The van der Waals surface area contributed by atoms with Crippen molar-refractivity contribution in [2.75, 3.05) is 0 Å². The van der Waals surface area contributed by atoms with Crippen molar-refractivity contribution < 1.29 is 14.8 Å². The lowest BCUT2D eigenvalue weighted by Gasteiger charge is -2.17. The van der Waals surface area contributed by atoms with E-state index in [0.717, 1.165) is 0 Å². The molecule has 2 atom stereocenters. The van der Waals surface area contributed by atoms with Gasteiger partial charge >= 0.3 is 0 Å². The zero-order chi connectivity index (χ0) is 16.1. The first-order valence-corrected chi connectivity index (χ1v) is 6.77. The van der Waals surface area contributed by atoms with Gasteiger partial charge in [-0.05, 0) is 18.1 Å². The Balaban J connectivity index is 2.08. The SMILES string of the molecule is C[C@H](NC(=O)[C@H](O)c1ccccc1)c1cccc([N+](=O)[O-])c1. The molecule has 22 heavy (non-hydrogen) atoms. The van der Waals surface area contributed by atoms with Gasteiger partial charge in [-0.15, -0.1) is 0 Å². The maximum absolute atomic E-state index is 12.1. The van der Waals surface area contributed by atoms with Crippen molar-refractivity contribution in [3.05, 3.63) is 75.8 Å². The lowest BCUT2D eigenvalue weighted by atomic mass is 10.1. The van der Waals surface area contributed by atoms with Crippen LogP contribution in [0.3, 0.4) is 0 Å². The minimum Gasteiger partial charge on any atom is -0.378 e. The molecule has 0 saturated heterocycles. The Morgan fingerprint density at radius 2 is 1.77 bits per heavy atom. The van der Waals surface area contributed by atoms with Gasteiger partial charge in [-0.3, -0.25) is 14.9 Å². The van der Waals surface area contributed by atoms with Gasteiger partial charge in [0.2, 0.25) is 0 Å². The Kier molecular flexibility index (Phi) is 4.85. The third-order valence-corrected chi connectivity index (χ3v) is 3.30. The fourth-order valence-electron chi connectivity index (χ4n) is 2.07. The summed E-state index contributed by atoms with van der Waals surface area (Å²) in [6.45, 7) is 1.70. The van der Waals surface area contributed by atoms with E-state index in [4.69, 9.17) is 0 Å². The number of benzene rings is 2. The standard InChI is InChI=1S/C16H16N2O4/c1-11(13-8-5-9-14(10-13)18(21)22)17-16(20)15(19)12-6-3-2-4-7-12/h2-11,15,19H,1H3,(H,17,20)/t11-,15+/m0/s1. The van der Waals surface area contributed by atoms with Gasteiger partial charge in [0.1, 0.15) is 0 Å². The third kappa shape index (κ3) is 3.67. The number of nitrogens with one attached hydrogen (secondary N) is 1. The summed E-state index contributed by atoms with van der Waals surface area (Å²) in [5, 5.41) is 23.4. The molecule has 0 bridgehead atoms. The van der Waals surface area contributed by atoms with Crippen LogP contribution in [0.5, 0.6) is 0 Å². The maximum Gasteiger partial charge on any atom is 0.269 e. The second kappa shape index (κ2) is 6.82. The Morgan fingerprint density at radius 3 is 2.41 bits per heavy atom. The summed E-state index contributed by atoms with van der Waals surface area (Å²) in [5.74, 6) is -0.551. The van der Waals surface area contributed by atoms with Gasteiger partial charge in [0.15, 0.2) is 6.10 Å². The highest BCUT2D eigenvalue weighted by atomic mass is 16.6. The van der Waals surface area contributed by atoms with Gasteiger partial charge in [-0.25, -0.2) is 0 Å². The van der Waals surface area contributed by atoms with E-state index in [-0.39, 0.29) is 5.69 Å². The number of aliphatic hydroxyl groups is 1. The summed E-state index contributed by atoms with van der Waals surface area (Å²) < 4.78 is 0. The summed E-state index contributed by atoms with van der Waals surface area (Å²) in [6.07, 6.45) is -1.28. The molecule has 0 heterocycles. The molecule has 1 amide bonds. The molecule has 0 spiro atoms. The summed E-state index contributed by atoms with van der Waals surface area (Å²) in [7, 11) is 0. The number of amides is 1. The molecular formula is C16H16N2O4. The molecule has 0 aliphatic rings. The third-order valence-electron chi connectivity index (χ3n) is 3.30. The van der Waals surface area contributed by atoms with Crippen molar-refractivity contribution in [2.45, 2.75) is 19.1 Å². The quantitative estimate of drug-likeness (QED) is 0.655. The Morgan fingerprint density at radius 1 is 1.14 bits per heavy atom. The summed E-state index contributed by atoms with van der Waals surface area (Å²) in [4.78, 5) is 22.3. The highest BCUT2D eigenvalue weighted by Gasteiger charge is 2.20. The van der Waals surface area contributed by atoms with Crippen LogP contribution in [0.4, 0.5) is 5.69 Å². The minimum atomic E-state index is -1.28. The minimum absolute atomic E-state index is 0.0396. The molecule has 0 aromatic heterocycles. The van der Waals surface area contributed by atoms with Gasteiger partial charge in [0.25, 0.3) is 11.6 Å². The predicted octanol–water partition coefficient (Wildman–Crippen LogP) is 2.51. The van der Waals surface area contributed by atoms with Crippen molar-refractivity contribution in [1.82, 2.24) is 5.32 Å². The zero-order valence-electron chi connectivity index (χ0n) is 12.0. The molecule has 0 radical (unpaired) electrons. The molecule has 2 aromatic rings. The molecule has 0 fully saturated rings. The number of rotatable bonds is 5. The van der Waals surface area contributed by atoms with E-state index >= 15 is 0 Å². The molecule has 2 aromatic carbocycles. The number of hydrogen-bond acceptors (Lipinski definition) is 4. The number of aliphatic hydroxyl groups excluding tert-OH is 1. The first-order valence-electron chi connectivity index (χ1n) is 6.77. The monoisotopic (exact) mass is 300 g/mol. The van der Waals surface area contributed by atoms with E-state index in [1.807, 2.05) is 0 Å². The van der Waals surface area contributed by atoms with Crippen LogP contribution in [0.1, 0.15) is 30.2 Å². The number of nitro benzene ring substituents is 1. The van der Waals surface area contributed by atoms with Crippen LogP contribution in [0, 0.1) is 10.1 Å². The predicted molar refractivity (Wildman–Crippen MR) is 81.1 cm³/mol. The van der Waals surface area contributed by atoms with Crippen LogP contribution < -0.4 is 5.32 Å². The average molecular weight is 300 g/mol. The molecule has 6 heteroatoms. The van der Waals surface area contributed by atoms with Crippen molar-refractivity contribution in [2.24, 2.45) is 0 Å². The second-order valence-corrected chi connectivity index (χ2v) is 4.90. The van der Waals surface area contributed by atoms with Crippen molar-refractivity contribution in [1.29, 1.82) is 0 Å². The van der Waals surface area contributed by atoms with E-state index in [0.29, 0.717) is 11.1 Å². The fourth-order valence-corrected chi connectivity index (χ4v) is 2.07. The number of carbonyl (C=O) groups excluding carboxylic acids is 1. The van der Waals surface area contributed by atoms with E-state index in [2.05, 4.69) is 5.32 Å². The highest BCUT2D eigenvalue weighted by Crippen LogP contribution is 2.20. The van der Waals surface area contributed by atoms with Crippen LogP contribution in [0.15, 0.2) is 54.6 Å². The number of carbonyl (C=O) groups is 1. The molecule has 0 aliphatic carbocycles. The van der Waals surface area contributed by atoms with Gasteiger partial charge in [0.05, 0.1) is 11.0 Å². The van der Waals surface area contributed by atoms with E-state index < -0.39 is 23.0 Å². The summed E-state index contributed by atoms with van der Waals surface area (Å²) >= 11 is 0. The molecule has 114 valence electrons. The normalized spacial score (nSPS) is 13.2. The summed E-state index contributed by atoms with van der Waals surface area (Å²) in [6, 6.07) is 14.1. The second-order valence-electron chi connectivity index (χ2n) is 4.90. The van der Waals surface area contributed by atoms with Crippen LogP contribution >= 0.6 is 0 Å². The largest absolute Gasteiger partial charge is 0.378 e. The molecule has 0 saturated carbocycles. The Labute approximate surface area is 127 Å². The smallest absolute Gasteiger partial charge is 0.269 e. The van der Waals surface area contributed by atoms with Crippen molar-refractivity contribution in [3.8, 4) is 0 Å². The van der Waals surface area contributed by atoms with Gasteiger partial charge < -0.3 is 10.4 Å². The fraction of sp³-hybridized carbons (Fsp3) is 0.188. The number of non-ortho nitro benzene ring substituents is 1. The lowest BCUT2D eigenvalue weighted by molar-refractivity contribution is -0.384. The molecule has 2 N–H and O–H groups in total. The topological polar surface area (TPSA) is 92.5 Å². The first-order chi connectivity index (χ1) is 10.5. The van der Waals surface area contributed by atoms with E-state index in [1.54, 1.807) is 49.4 Å². The van der Waals surface area contributed by atoms with Gasteiger partial charge in [-0.1, -0.05) is 42.5 Å². The molecule has 0 aliphatic heterocycles. The van der Waals surface area contributed by atoms with Gasteiger partial charge in [0, 0.05) is 12.1 Å². The molecular weight excluding hydrogens is 284 g/mol. The van der Waals surface area contributed by atoms with Crippen LogP contribution in [0.25, 0.3) is 0 Å². The number of nitrogens with zero attached hydrogens (tertiary/aromatic N) is 1. The Hall–Kier alpha value is -2.73. The number of hydrogen-bond donors (Lipinski definition) is 2. The number of nitro groups is 1. The van der Waals surface area contributed by atoms with E-state index in [1.165, 1.54) is 12.1 Å². The molecule has 6 nitrogen and oxygen atoms in total. The highest BCUT2D eigenvalue weighted by molar-refractivity contribution is 5.82. The van der Waals surface area contributed by atoms with Crippen molar-refractivity contribution >= 4 is 11.6 Å². The summed E-state index contributed by atoms with van der Waals surface area (Å²) in [5.41, 5.74) is 1.05. The molecule has 0 unspecified atom stereocenters. The van der Waals surface area contributed by atoms with E-state index in [9.17, 15) is 20.0 Å². The lowest BCUT2D eigenvalue weighted by Crippen LogP contribution is -2.31. The average Bonchev–Trinajstić information content (AvgIpc) is 2.54. The van der Waals surface area contributed by atoms with Crippen LogP contribution in [-0.4, -0.2) is 15.9 Å². The maximum atomic E-state index is 12.1. The zero-order valence-corrected chi connectivity index (χ0v) is 12.0. The van der Waals surface area contributed by atoms with Crippen molar-refractivity contribution in [3.63, 3.8) is 0 Å². The van der Waals surface area contributed by atoms with Gasteiger partial charge in [-0.2, -0.15) is 0 Å².